The minimum Gasteiger partial charge on any atom is -0.466 e. The second-order valence-corrected chi connectivity index (χ2v) is 3.64. The largest absolute Gasteiger partial charge is 0.466 e. The van der Waals surface area contributed by atoms with Gasteiger partial charge in [-0.25, -0.2) is 0 Å². The molecule has 0 bridgehead atoms. The molecule has 0 radical (unpaired) electrons. The normalized spacial score (nSPS) is 10.1. The first-order valence-corrected chi connectivity index (χ1v) is 5.64. The van der Waals surface area contributed by atoms with Gasteiger partial charge in [0.2, 0.25) is 0 Å². The van der Waals surface area contributed by atoms with Crippen molar-refractivity contribution in [3.8, 4) is 0 Å². The molecular formula is C10H15NO2S. The number of thiophene rings is 1. The Bertz CT molecular complexity index is 259. The van der Waals surface area contributed by atoms with Crippen LogP contribution in [-0.2, 0) is 16.1 Å². The molecule has 1 aromatic heterocycles. The third-order valence-corrected chi connectivity index (χ3v) is 2.45. The van der Waals surface area contributed by atoms with Crippen LogP contribution in [0, 0.1) is 0 Å². The Morgan fingerprint density at radius 3 is 3.14 bits per heavy atom. The molecule has 14 heavy (non-hydrogen) atoms. The highest BCUT2D eigenvalue weighted by atomic mass is 32.1. The van der Waals surface area contributed by atoms with Gasteiger partial charge in [0.15, 0.2) is 0 Å². The zero-order valence-electron chi connectivity index (χ0n) is 8.29. The third kappa shape index (κ3) is 4.39. The van der Waals surface area contributed by atoms with Crippen molar-refractivity contribution in [2.75, 3.05) is 13.2 Å². The van der Waals surface area contributed by atoms with Gasteiger partial charge in [0.05, 0.1) is 13.0 Å². The van der Waals surface area contributed by atoms with Crippen molar-refractivity contribution in [1.82, 2.24) is 5.32 Å². The van der Waals surface area contributed by atoms with Crippen molar-refractivity contribution in [3.05, 3.63) is 22.4 Å². The van der Waals surface area contributed by atoms with Gasteiger partial charge in [-0.15, -0.1) is 0 Å². The van der Waals surface area contributed by atoms with Crippen molar-refractivity contribution >= 4 is 17.3 Å². The van der Waals surface area contributed by atoms with Gasteiger partial charge in [-0.1, -0.05) is 0 Å². The average molecular weight is 213 g/mol. The second kappa shape index (κ2) is 6.56. The molecule has 0 spiro atoms. The Labute approximate surface area is 88.1 Å². The van der Waals surface area contributed by atoms with E-state index in [0.717, 1.165) is 6.54 Å². The van der Waals surface area contributed by atoms with E-state index in [9.17, 15) is 4.79 Å². The summed E-state index contributed by atoms with van der Waals surface area (Å²) in [5.74, 6) is -0.134. The molecule has 0 aliphatic rings. The minimum absolute atomic E-state index is 0.134. The fraction of sp³-hybridized carbons (Fsp3) is 0.500. The lowest BCUT2D eigenvalue weighted by molar-refractivity contribution is -0.142. The lowest BCUT2D eigenvalue weighted by atomic mass is 10.3. The molecule has 0 saturated heterocycles. The van der Waals surface area contributed by atoms with Gasteiger partial charge in [0.1, 0.15) is 0 Å². The quantitative estimate of drug-likeness (QED) is 0.578. The monoisotopic (exact) mass is 213 g/mol. The van der Waals surface area contributed by atoms with Gasteiger partial charge in [-0.05, 0) is 29.3 Å². The van der Waals surface area contributed by atoms with Gasteiger partial charge in [0.25, 0.3) is 0 Å². The van der Waals surface area contributed by atoms with Crippen LogP contribution < -0.4 is 5.32 Å². The van der Waals surface area contributed by atoms with Crippen molar-refractivity contribution < 1.29 is 9.53 Å². The maximum absolute atomic E-state index is 10.9. The van der Waals surface area contributed by atoms with Crippen LogP contribution in [0.2, 0.25) is 0 Å². The van der Waals surface area contributed by atoms with E-state index in [1.807, 2.05) is 12.3 Å². The van der Waals surface area contributed by atoms with Crippen molar-refractivity contribution in [2.45, 2.75) is 19.9 Å². The molecular weight excluding hydrogens is 198 g/mol. The van der Waals surface area contributed by atoms with E-state index in [-0.39, 0.29) is 5.97 Å². The van der Waals surface area contributed by atoms with E-state index in [4.69, 9.17) is 4.74 Å². The fourth-order valence-electron chi connectivity index (χ4n) is 1.05. The summed E-state index contributed by atoms with van der Waals surface area (Å²) >= 11 is 1.68. The van der Waals surface area contributed by atoms with Gasteiger partial charge >= 0.3 is 5.97 Å². The highest BCUT2D eigenvalue weighted by Crippen LogP contribution is 2.04. The number of carbonyl (C=O) groups excluding carboxylic acids is 1. The topological polar surface area (TPSA) is 38.3 Å². The molecule has 0 fully saturated rings. The lowest BCUT2D eigenvalue weighted by Crippen LogP contribution is -2.18. The fourth-order valence-corrected chi connectivity index (χ4v) is 1.72. The zero-order chi connectivity index (χ0) is 10.2. The summed E-state index contributed by atoms with van der Waals surface area (Å²) in [6.45, 7) is 3.78. The lowest BCUT2D eigenvalue weighted by Gasteiger charge is -2.03. The third-order valence-electron chi connectivity index (χ3n) is 1.72. The molecule has 3 nitrogen and oxygen atoms in total. The van der Waals surface area contributed by atoms with Crippen LogP contribution in [0.1, 0.15) is 18.9 Å². The van der Waals surface area contributed by atoms with E-state index in [0.29, 0.717) is 19.6 Å². The predicted molar refractivity (Wildman–Crippen MR) is 57.3 cm³/mol. The standard InChI is InChI=1S/C10H15NO2S/c1-2-13-10(12)3-5-11-7-9-4-6-14-8-9/h4,6,8,11H,2-3,5,7H2,1H3. The van der Waals surface area contributed by atoms with Crippen LogP contribution in [0.5, 0.6) is 0 Å². The second-order valence-electron chi connectivity index (χ2n) is 2.86. The zero-order valence-corrected chi connectivity index (χ0v) is 9.10. The van der Waals surface area contributed by atoms with E-state index >= 15 is 0 Å². The van der Waals surface area contributed by atoms with Gasteiger partial charge in [-0.2, -0.15) is 11.3 Å². The number of nitrogens with one attached hydrogen (secondary N) is 1. The Balaban J connectivity index is 2.02. The van der Waals surface area contributed by atoms with Crippen LogP contribution in [0.15, 0.2) is 16.8 Å². The van der Waals surface area contributed by atoms with E-state index in [2.05, 4.69) is 16.8 Å². The smallest absolute Gasteiger partial charge is 0.307 e. The van der Waals surface area contributed by atoms with Crippen LogP contribution in [0.4, 0.5) is 0 Å². The Kier molecular flexibility index (Phi) is 5.25. The Morgan fingerprint density at radius 1 is 1.64 bits per heavy atom. The SMILES string of the molecule is CCOC(=O)CCNCc1ccsc1. The molecule has 0 unspecified atom stereocenters. The van der Waals surface area contributed by atoms with Crippen LogP contribution in [0.25, 0.3) is 0 Å². The summed E-state index contributed by atoms with van der Waals surface area (Å²) in [6.07, 6.45) is 0.442. The average Bonchev–Trinajstić information content (AvgIpc) is 2.65. The van der Waals surface area contributed by atoms with E-state index < -0.39 is 0 Å². The molecule has 0 amide bonds. The number of hydrogen-bond donors (Lipinski definition) is 1. The Hall–Kier alpha value is -0.870. The highest BCUT2D eigenvalue weighted by Gasteiger charge is 2.00. The summed E-state index contributed by atoms with van der Waals surface area (Å²) < 4.78 is 4.80. The summed E-state index contributed by atoms with van der Waals surface area (Å²) in [6, 6.07) is 2.07. The minimum atomic E-state index is -0.134. The number of hydrogen-bond acceptors (Lipinski definition) is 4. The first-order valence-electron chi connectivity index (χ1n) is 4.70. The summed E-state index contributed by atoms with van der Waals surface area (Å²) in [7, 11) is 0. The molecule has 0 atom stereocenters. The summed E-state index contributed by atoms with van der Waals surface area (Å²) in [4.78, 5) is 10.9. The summed E-state index contributed by atoms with van der Waals surface area (Å²) in [5, 5.41) is 7.32. The van der Waals surface area contributed by atoms with Crippen molar-refractivity contribution in [2.24, 2.45) is 0 Å². The van der Waals surface area contributed by atoms with E-state index in [1.165, 1.54) is 5.56 Å². The number of carbonyl (C=O) groups is 1. The maximum Gasteiger partial charge on any atom is 0.307 e. The molecule has 1 rings (SSSR count). The first-order chi connectivity index (χ1) is 6.83. The summed E-state index contributed by atoms with van der Waals surface area (Å²) in [5.41, 5.74) is 1.26. The van der Waals surface area contributed by atoms with Crippen LogP contribution >= 0.6 is 11.3 Å². The van der Waals surface area contributed by atoms with Gasteiger partial charge in [0, 0.05) is 13.1 Å². The molecule has 1 N–H and O–H groups in total. The molecule has 0 saturated carbocycles. The van der Waals surface area contributed by atoms with Gasteiger partial charge in [-0.3, -0.25) is 4.79 Å². The number of esters is 1. The molecule has 0 aliphatic carbocycles. The first kappa shape index (κ1) is 11.2. The number of ether oxygens (including phenoxy) is 1. The van der Waals surface area contributed by atoms with Gasteiger partial charge < -0.3 is 10.1 Å². The Morgan fingerprint density at radius 2 is 2.50 bits per heavy atom. The van der Waals surface area contributed by atoms with Crippen molar-refractivity contribution in [1.29, 1.82) is 0 Å². The van der Waals surface area contributed by atoms with Crippen LogP contribution in [-0.4, -0.2) is 19.1 Å². The number of rotatable bonds is 6. The maximum atomic E-state index is 10.9. The van der Waals surface area contributed by atoms with Crippen LogP contribution in [0.3, 0.4) is 0 Å². The van der Waals surface area contributed by atoms with E-state index in [1.54, 1.807) is 11.3 Å². The predicted octanol–water partition coefficient (Wildman–Crippen LogP) is 1.79. The molecule has 0 aromatic carbocycles. The molecule has 0 aliphatic heterocycles. The molecule has 1 heterocycles. The molecule has 1 aromatic rings. The molecule has 78 valence electrons. The molecule has 4 heteroatoms. The highest BCUT2D eigenvalue weighted by molar-refractivity contribution is 7.07. The van der Waals surface area contributed by atoms with Crippen molar-refractivity contribution in [3.63, 3.8) is 0 Å².